The Morgan fingerprint density at radius 3 is 2.59 bits per heavy atom. The van der Waals surface area contributed by atoms with Crippen LogP contribution in [0, 0.1) is 5.92 Å². The molecule has 100 valence electrons. The van der Waals surface area contributed by atoms with Gasteiger partial charge in [-0.05, 0) is 38.0 Å². The van der Waals surface area contributed by atoms with Gasteiger partial charge in [0.15, 0.2) is 0 Å². The Morgan fingerprint density at radius 1 is 1.35 bits per heavy atom. The van der Waals surface area contributed by atoms with Crippen LogP contribution in [0.4, 0.5) is 0 Å². The topological polar surface area (TPSA) is 55.6 Å². The zero-order valence-corrected chi connectivity index (χ0v) is 11.2. The molecule has 0 atom stereocenters. The minimum Gasteiger partial charge on any atom is -0.383 e. The number of carbonyl (C=O) groups excluding carboxylic acids is 1. The fraction of sp³-hybridized carbons (Fsp3) is 0.923. The van der Waals surface area contributed by atoms with Gasteiger partial charge in [-0.15, -0.1) is 0 Å². The van der Waals surface area contributed by atoms with Crippen molar-refractivity contribution in [2.75, 3.05) is 27.3 Å². The van der Waals surface area contributed by atoms with Gasteiger partial charge in [0.05, 0.1) is 6.61 Å². The monoisotopic (exact) mass is 242 g/mol. The van der Waals surface area contributed by atoms with Crippen molar-refractivity contribution in [1.29, 1.82) is 0 Å². The molecule has 0 aliphatic heterocycles. The molecule has 1 rings (SSSR count). The Balaban J connectivity index is 2.14. The predicted molar refractivity (Wildman–Crippen MR) is 68.7 cm³/mol. The number of methoxy groups -OCH3 is 1. The lowest BCUT2D eigenvalue weighted by Crippen LogP contribution is -2.31. The molecule has 0 aromatic carbocycles. The third kappa shape index (κ3) is 5.50. The number of nitrogens with zero attached hydrogens (tertiary/aromatic N) is 1. The quantitative estimate of drug-likeness (QED) is 0.765. The Hall–Kier alpha value is -0.610. The van der Waals surface area contributed by atoms with Gasteiger partial charge < -0.3 is 15.4 Å². The van der Waals surface area contributed by atoms with Crippen LogP contribution >= 0.6 is 0 Å². The summed E-state index contributed by atoms with van der Waals surface area (Å²) in [7, 11) is 3.50. The van der Waals surface area contributed by atoms with E-state index in [0.717, 1.165) is 19.3 Å². The van der Waals surface area contributed by atoms with Gasteiger partial charge in [0.2, 0.25) is 5.91 Å². The number of hydrogen-bond acceptors (Lipinski definition) is 3. The van der Waals surface area contributed by atoms with Gasteiger partial charge in [0, 0.05) is 33.2 Å². The Bertz CT molecular complexity index is 225. The molecule has 1 aliphatic carbocycles. The van der Waals surface area contributed by atoms with Crippen molar-refractivity contribution in [3.8, 4) is 0 Å². The highest BCUT2D eigenvalue weighted by atomic mass is 16.5. The highest BCUT2D eigenvalue weighted by Crippen LogP contribution is 2.26. The van der Waals surface area contributed by atoms with Crippen LogP contribution in [0.2, 0.25) is 0 Å². The molecule has 0 saturated heterocycles. The van der Waals surface area contributed by atoms with Crippen molar-refractivity contribution < 1.29 is 9.53 Å². The van der Waals surface area contributed by atoms with Crippen LogP contribution in [0.25, 0.3) is 0 Å². The van der Waals surface area contributed by atoms with Gasteiger partial charge in [-0.1, -0.05) is 0 Å². The number of carbonyl (C=O) groups is 1. The molecule has 17 heavy (non-hydrogen) atoms. The molecule has 0 unspecified atom stereocenters. The second kappa shape index (κ2) is 7.67. The van der Waals surface area contributed by atoms with Crippen molar-refractivity contribution in [3.05, 3.63) is 0 Å². The minimum absolute atomic E-state index is 0.233. The lowest BCUT2D eigenvalue weighted by Gasteiger charge is -2.26. The fourth-order valence-electron chi connectivity index (χ4n) is 2.35. The molecule has 2 N–H and O–H groups in total. The molecule has 0 heterocycles. The Kier molecular flexibility index (Phi) is 6.52. The smallest absolute Gasteiger partial charge is 0.222 e. The fourth-order valence-corrected chi connectivity index (χ4v) is 2.35. The summed E-state index contributed by atoms with van der Waals surface area (Å²) in [4.78, 5) is 13.6. The van der Waals surface area contributed by atoms with E-state index in [2.05, 4.69) is 0 Å². The molecule has 0 spiro atoms. The lowest BCUT2D eigenvalue weighted by atomic mass is 9.84. The maximum absolute atomic E-state index is 11.8. The third-order valence-corrected chi connectivity index (χ3v) is 3.71. The molecule has 1 aliphatic rings. The molecule has 1 amide bonds. The van der Waals surface area contributed by atoms with Crippen LogP contribution in [0.3, 0.4) is 0 Å². The SMILES string of the molecule is COCCN(C)C(=O)CCC1CCC(N)CC1. The first kappa shape index (κ1) is 14.5. The molecule has 4 heteroatoms. The number of hydrogen-bond donors (Lipinski definition) is 1. The van der Waals surface area contributed by atoms with Crippen molar-refractivity contribution in [3.63, 3.8) is 0 Å². The molecule has 0 aromatic heterocycles. The van der Waals surface area contributed by atoms with E-state index in [1.54, 1.807) is 12.0 Å². The van der Waals surface area contributed by atoms with Crippen molar-refractivity contribution in [2.24, 2.45) is 11.7 Å². The van der Waals surface area contributed by atoms with E-state index in [9.17, 15) is 4.79 Å². The predicted octanol–water partition coefficient (Wildman–Crippen LogP) is 1.39. The molecule has 0 radical (unpaired) electrons. The first-order chi connectivity index (χ1) is 8.13. The highest BCUT2D eigenvalue weighted by molar-refractivity contribution is 5.75. The molecule has 1 fully saturated rings. The minimum atomic E-state index is 0.233. The summed E-state index contributed by atoms with van der Waals surface area (Å²) in [6.45, 7) is 1.30. The second-order valence-electron chi connectivity index (χ2n) is 5.13. The summed E-state index contributed by atoms with van der Waals surface area (Å²) >= 11 is 0. The van der Waals surface area contributed by atoms with Crippen LogP contribution in [0.1, 0.15) is 38.5 Å². The van der Waals surface area contributed by atoms with Gasteiger partial charge in [-0.3, -0.25) is 4.79 Å². The number of nitrogens with two attached hydrogens (primary N) is 1. The summed E-state index contributed by atoms with van der Waals surface area (Å²) in [5.41, 5.74) is 5.87. The lowest BCUT2D eigenvalue weighted by molar-refractivity contribution is -0.130. The van der Waals surface area contributed by atoms with Crippen molar-refractivity contribution >= 4 is 5.91 Å². The van der Waals surface area contributed by atoms with Gasteiger partial charge in [-0.2, -0.15) is 0 Å². The number of amides is 1. The van der Waals surface area contributed by atoms with Crippen LogP contribution in [0.15, 0.2) is 0 Å². The van der Waals surface area contributed by atoms with Crippen molar-refractivity contribution in [2.45, 2.75) is 44.6 Å². The Morgan fingerprint density at radius 2 is 2.00 bits per heavy atom. The maximum Gasteiger partial charge on any atom is 0.222 e. The number of rotatable bonds is 6. The average Bonchev–Trinajstić information content (AvgIpc) is 2.34. The standard InChI is InChI=1S/C13H26N2O2/c1-15(9-10-17-2)13(16)8-5-11-3-6-12(14)7-4-11/h11-12H,3-10,14H2,1-2H3. The third-order valence-electron chi connectivity index (χ3n) is 3.71. The largest absolute Gasteiger partial charge is 0.383 e. The van der Waals surface area contributed by atoms with E-state index in [4.69, 9.17) is 10.5 Å². The molecule has 1 saturated carbocycles. The van der Waals surface area contributed by atoms with E-state index in [1.807, 2.05) is 7.05 Å². The average molecular weight is 242 g/mol. The van der Waals surface area contributed by atoms with E-state index >= 15 is 0 Å². The first-order valence-electron chi connectivity index (χ1n) is 6.62. The van der Waals surface area contributed by atoms with Crippen LogP contribution in [-0.4, -0.2) is 44.2 Å². The summed E-state index contributed by atoms with van der Waals surface area (Å²) < 4.78 is 4.96. The Labute approximate surface area is 104 Å². The van der Waals surface area contributed by atoms with Crippen LogP contribution < -0.4 is 5.73 Å². The molecular weight excluding hydrogens is 216 g/mol. The summed E-state index contributed by atoms with van der Waals surface area (Å²) in [6.07, 6.45) is 6.31. The summed E-state index contributed by atoms with van der Waals surface area (Å²) in [6, 6.07) is 0.395. The van der Waals surface area contributed by atoms with E-state index < -0.39 is 0 Å². The van der Waals surface area contributed by atoms with E-state index in [1.165, 1.54) is 12.8 Å². The zero-order chi connectivity index (χ0) is 12.7. The number of ether oxygens (including phenoxy) is 1. The van der Waals surface area contributed by atoms with Gasteiger partial charge in [0.25, 0.3) is 0 Å². The first-order valence-corrected chi connectivity index (χ1v) is 6.62. The molecular formula is C13H26N2O2. The van der Waals surface area contributed by atoms with Crippen LogP contribution in [0.5, 0.6) is 0 Å². The molecule has 0 aromatic rings. The summed E-state index contributed by atoms with van der Waals surface area (Å²) in [5, 5.41) is 0. The van der Waals surface area contributed by atoms with Gasteiger partial charge in [-0.25, -0.2) is 0 Å². The molecule has 4 nitrogen and oxygen atoms in total. The normalized spacial score (nSPS) is 24.6. The highest BCUT2D eigenvalue weighted by Gasteiger charge is 2.19. The van der Waals surface area contributed by atoms with Gasteiger partial charge >= 0.3 is 0 Å². The summed E-state index contributed by atoms with van der Waals surface area (Å²) in [5.74, 6) is 0.937. The van der Waals surface area contributed by atoms with Gasteiger partial charge in [0.1, 0.15) is 0 Å². The maximum atomic E-state index is 11.8. The van der Waals surface area contributed by atoms with Crippen LogP contribution in [-0.2, 0) is 9.53 Å². The van der Waals surface area contributed by atoms with E-state index in [-0.39, 0.29) is 5.91 Å². The second-order valence-corrected chi connectivity index (χ2v) is 5.13. The number of likely N-dealkylation sites (N-methyl/N-ethyl adjacent to an activating group) is 1. The molecule has 0 bridgehead atoms. The zero-order valence-electron chi connectivity index (χ0n) is 11.2. The van der Waals surface area contributed by atoms with Crippen molar-refractivity contribution in [1.82, 2.24) is 4.90 Å². The van der Waals surface area contributed by atoms with E-state index in [0.29, 0.717) is 31.5 Å².